The Kier molecular flexibility index (Phi) is 5.03. The number of fused-ring (bicyclic) bond motifs is 1. The van der Waals surface area contributed by atoms with Crippen LogP contribution in [-0.2, 0) is 0 Å². The van der Waals surface area contributed by atoms with Crippen LogP contribution in [-0.4, -0.2) is 15.1 Å². The Morgan fingerprint density at radius 2 is 1.89 bits per heavy atom. The number of benzene rings is 2. The number of hydrogen-bond acceptors (Lipinski definition) is 5. The van der Waals surface area contributed by atoms with Gasteiger partial charge in [-0.15, -0.1) is 11.8 Å². The Morgan fingerprint density at radius 3 is 2.63 bits per heavy atom. The fourth-order valence-electron chi connectivity index (χ4n) is 2.88. The van der Waals surface area contributed by atoms with E-state index in [1.807, 2.05) is 36.4 Å². The van der Waals surface area contributed by atoms with Crippen LogP contribution < -0.4 is 5.76 Å². The average Bonchev–Trinajstić information content (AvgIpc) is 3.07. The molecule has 2 atom stereocenters. The van der Waals surface area contributed by atoms with Crippen LogP contribution in [0.3, 0.4) is 0 Å². The highest BCUT2D eigenvalue weighted by Crippen LogP contribution is 2.45. The number of thioether (sulfide) groups is 1. The summed E-state index contributed by atoms with van der Waals surface area (Å²) in [7, 11) is 0. The first-order valence-corrected chi connectivity index (χ1v) is 9.50. The quantitative estimate of drug-likeness (QED) is 0.475. The summed E-state index contributed by atoms with van der Waals surface area (Å²) < 4.78 is 5.29. The smallest absolute Gasteiger partial charge is 0.407 e. The molecular weight excluding hydrogens is 384 g/mol. The van der Waals surface area contributed by atoms with Gasteiger partial charge in [-0.1, -0.05) is 48.0 Å². The molecule has 2 N–H and O–H groups in total. The van der Waals surface area contributed by atoms with Gasteiger partial charge >= 0.3 is 5.76 Å². The summed E-state index contributed by atoms with van der Waals surface area (Å²) >= 11 is 7.58. The summed E-state index contributed by atoms with van der Waals surface area (Å²) in [5, 5.41) is 11.1. The minimum Gasteiger partial charge on any atom is -0.407 e. The lowest BCUT2D eigenvalue weighted by Gasteiger charge is -2.23. The highest BCUT2D eigenvalue weighted by Gasteiger charge is 2.26. The zero-order chi connectivity index (χ0) is 18.8. The van der Waals surface area contributed by atoms with E-state index >= 15 is 0 Å². The molecule has 27 heavy (non-hydrogen) atoms. The van der Waals surface area contributed by atoms with Gasteiger partial charge in [0.15, 0.2) is 5.58 Å². The number of oxazole rings is 1. The molecule has 2 unspecified atom stereocenters. The van der Waals surface area contributed by atoms with Crippen molar-refractivity contribution < 1.29 is 9.52 Å². The summed E-state index contributed by atoms with van der Waals surface area (Å²) in [5.74, 6) is -0.546. The van der Waals surface area contributed by atoms with E-state index in [1.54, 1.807) is 30.5 Å². The summed E-state index contributed by atoms with van der Waals surface area (Å²) in [6.45, 7) is 0. The molecule has 7 heteroatoms. The van der Waals surface area contributed by atoms with Crippen molar-refractivity contribution >= 4 is 34.5 Å². The zero-order valence-corrected chi connectivity index (χ0v) is 15.6. The van der Waals surface area contributed by atoms with Crippen LogP contribution in [0, 0.1) is 0 Å². The lowest BCUT2D eigenvalue weighted by molar-refractivity contribution is 0.170. The van der Waals surface area contributed by atoms with Gasteiger partial charge in [-0.25, -0.2) is 4.79 Å². The van der Waals surface area contributed by atoms with E-state index in [-0.39, 0.29) is 5.25 Å². The number of aliphatic hydroxyl groups is 1. The van der Waals surface area contributed by atoms with E-state index in [1.165, 1.54) is 11.8 Å². The van der Waals surface area contributed by atoms with E-state index in [9.17, 15) is 9.90 Å². The third kappa shape index (κ3) is 3.78. The molecule has 0 radical (unpaired) electrons. The normalized spacial score (nSPS) is 13.6. The Balaban J connectivity index is 1.79. The zero-order valence-electron chi connectivity index (χ0n) is 14.0. The third-order valence-electron chi connectivity index (χ3n) is 4.11. The topological polar surface area (TPSA) is 79.1 Å². The molecular formula is C20H15ClN2O3S. The van der Waals surface area contributed by atoms with Gasteiger partial charge in [-0.3, -0.25) is 9.97 Å². The SMILES string of the molecule is O=c1[nH]c2cc(Cl)cc(SC(c3ccccc3)C(O)c3ccccn3)c2o1. The number of aromatic amines is 1. The van der Waals surface area contributed by atoms with E-state index < -0.39 is 11.9 Å². The van der Waals surface area contributed by atoms with Crippen LogP contribution in [0.25, 0.3) is 11.1 Å². The van der Waals surface area contributed by atoms with Crippen molar-refractivity contribution in [3.8, 4) is 0 Å². The first-order chi connectivity index (χ1) is 13.1. The first-order valence-electron chi connectivity index (χ1n) is 8.25. The van der Waals surface area contributed by atoms with Crippen LogP contribution in [0.5, 0.6) is 0 Å². The van der Waals surface area contributed by atoms with Gasteiger partial charge in [-0.2, -0.15) is 0 Å². The van der Waals surface area contributed by atoms with Crippen LogP contribution in [0.1, 0.15) is 22.6 Å². The number of rotatable bonds is 5. The second-order valence-electron chi connectivity index (χ2n) is 5.94. The van der Waals surface area contributed by atoms with E-state index in [0.29, 0.717) is 26.7 Å². The van der Waals surface area contributed by atoms with Crippen LogP contribution >= 0.6 is 23.4 Å². The maximum absolute atomic E-state index is 11.6. The number of nitrogens with zero attached hydrogens (tertiary/aromatic N) is 1. The molecule has 0 aliphatic carbocycles. The maximum atomic E-state index is 11.6. The number of aromatic nitrogens is 2. The third-order valence-corrected chi connectivity index (χ3v) is 5.67. The van der Waals surface area contributed by atoms with Gasteiger partial charge in [-0.05, 0) is 29.8 Å². The lowest BCUT2D eigenvalue weighted by atomic mass is 10.0. The molecule has 0 aliphatic rings. The van der Waals surface area contributed by atoms with Crippen molar-refractivity contribution in [2.75, 3.05) is 0 Å². The fourth-order valence-corrected chi connectivity index (χ4v) is 4.45. The van der Waals surface area contributed by atoms with Crippen molar-refractivity contribution in [1.29, 1.82) is 0 Å². The number of pyridine rings is 1. The number of halogens is 1. The number of nitrogens with one attached hydrogen (secondary N) is 1. The minimum absolute atomic E-state index is 0.372. The Hall–Kier alpha value is -2.54. The van der Waals surface area contributed by atoms with Crippen LogP contribution in [0.15, 0.2) is 81.0 Å². The largest absolute Gasteiger partial charge is 0.417 e. The summed E-state index contributed by atoms with van der Waals surface area (Å²) in [4.78, 5) is 19.2. The van der Waals surface area contributed by atoms with Gasteiger partial charge in [0.2, 0.25) is 0 Å². The second kappa shape index (κ2) is 7.60. The van der Waals surface area contributed by atoms with E-state index in [2.05, 4.69) is 9.97 Å². The summed E-state index contributed by atoms with van der Waals surface area (Å²) in [6.07, 6.45) is 0.784. The number of H-pyrrole nitrogens is 1. The van der Waals surface area contributed by atoms with Crippen molar-refractivity contribution in [2.24, 2.45) is 0 Å². The van der Waals surface area contributed by atoms with Gasteiger partial charge in [0.1, 0.15) is 6.10 Å². The fraction of sp³-hybridized carbons (Fsp3) is 0.100. The highest BCUT2D eigenvalue weighted by molar-refractivity contribution is 7.99. The van der Waals surface area contributed by atoms with Crippen molar-refractivity contribution in [1.82, 2.24) is 9.97 Å². The maximum Gasteiger partial charge on any atom is 0.417 e. The lowest BCUT2D eigenvalue weighted by Crippen LogP contribution is -2.09. The monoisotopic (exact) mass is 398 g/mol. The highest BCUT2D eigenvalue weighted by atomic mass is 35.5. The Bertz CT molecular complexity index is 1110. The molecule has 4 aromatic rings. The van der Waals surface area contributed by atoms with Crippen molar-refractivity contribution in [2.45, 2.75) is 16.2 Å². The van der Waals surface area contributed by atoms with Crippen LogP contribution in [0.2, 0.25) is 5.02 Å². The molecule has 0 spiro atoms. The second-order valence-corrected chi connectivity index (χ2v) is 7.56. The summed E-state index contributed by atoms with van der Waals surface area (Å²) in [6, 6.07) is 18.4. The molecule has 0 bridgehead atoms. The predicted octanol–water partition coefficient (Wildman–Crippen LogP) is 4.74. The molecule has 2 heterocycles. The molecule has 0 saturated heterocycles. The summed E-state index contributed by atoms with van der Waals surface area (Å²) in [5.41, 5.74) is 2.43. The van der Waals surface area contributed by atoms with Gasteiger partial charge in [0.25, 0.3) is 0 Å². The average molecular weight is 399 g/mol. The Labute approximate surface area is 164 Å². The molecule has 136 valence electrons. The molecule has 5 nitrogen and oxygen atoms in total. The molecule has 0 aliphatic heterocycles. The standard InChI is InChI=1S/C20H15ClN2O3S/c21-13-10-15-18(26-20(25)23-15)16(11-13)27-19(12-6-2-1-3-7-12)17(24)14-8-4-5-9-22-14/h1-11,17,19,24H,(H,23,25). The molecule has 0 amide bonds. The van der Waals surface area contributed by atoms with E-state index in [0.717, 1.165) is 5.56 Å². The van der Waals surface area contributed by atoms with E-state index in [4.69, 9.17) is 16.0 Å². The molecule has 2 aromatic carbocycles. The molecule has 0 fully saturated rings. The van der Waals surface area contributed by atoms with Gasteiger partial charge in [0, 0.05) is 11.2 Å². The van der Waals surface area contributed by atoms with Gasteiger partial charge < -0.3 is 9.52 Å². The Morgan fingerprint density at radius 1 is 1.11 bits per heavy atom. The van der Waals surface area contributed by atoms with Crippen LogP contribution in [0.4, 0.5) is 0 Å². The predicted molar refractivity (Wildman–Crippen MR) is 106 cm³/mol. The molecule has 4 rings (SSSR count). The number of aliphatic hydroxyl groups excluding tert-OH is 1. The molecule has 2 aromatic heterocycles. The van der Waals surface area contributed by atoms with Gasteiger partial charge in [0.05, 0.1) is 21.4 Å². The minimum atomic E-state index is -0.863. The first kappa shape index (κ1) is 17.9. The van der Waals surface area contributed by atoms with Crippen molar-refractivity contribution in [3.05, 3.63) is 93.7 Å². The number of hydrogen-bond donors (Lipinski definition) is 2. The van der Waals surface area contributed by atoms with Crippen molar-refractivity contribution in [3.63, 3.8) is 0 Å². The molecule has 0 saturated carbocycles.